The Morgan fingerprint density at radius 2 is 2.20 bits per heavy atom. The number of unbranched alkanes of at least 4 members (excludes halogenated alkanes) is 1. The molecule has 1 rings (SSSR count). The van der Waals surface area contributed by atoms with Crippen LogP contribution in [0.25, 0.3) is 0 Å². The molecule has 1 aliphatic rings. The van der Waals surface area contributed by atoms with Gasteiger partial charge in [0.2, 0.25) is 0 Å². The SMILES string of the molecule is CCCC[C@@H]1C[C@]1(O)CC. The average Bonchev–Trinajstić information content (AvgIpc) is 2.59. The first-order valence-electron chi connectivity index (χ1n) is 4.45. The second-order valence-corrected chi connectivity index (χ2v) is 3.50. The maximum Gasteiger partial charge on any atom is 0.0678 e. The summed E-state index contributed by atoms with van der Waals surface area (Å²) in [4.78, 5) is 0. The highest BCUT2D eigenvalue weighted by molar-refractivity contribution is 5.01. The van der Waals surface area contributed by atoms with Crippen molar-refractivity contribution in [1.82, 2.24) is 0 Å². The molecule has 10 heavy (non-hydrogen) atoms. The van der Waals surface area contributed by atoms with Gasteiger partial charge in [0.1, 0.15) is 0 Å². The molecule has 0 aromatic heterocycles. The van der Waals surface area contributed by atoms with Crippen molar-refractivity contribution in [2.24, 2.45) is 5.92 Å². The van der Waals surface area contributed by atoms with Crippen molar-refractivity contribution in [3.8, 4) is 0 Å². The standard InChI is InChI=1S/C9H18O/c1-3-5-6-8-7-9(8,10)4-2/h8,10H,3-7H2,1-2H3/t8-,9-/m1/s1. The van der Waals surface area contributed by atoms with Gasteiger partial charge in [-0.25, -0.2) is 0 Å². The lowest BCUT2D eigenvalue weighted by molar-refractivity contribution is 0.124. The molecule has 0 bridgehead atoms. The van der Waals surface area contributed by atoms with Crippen LogP contribution in [-0.2, 0) is 0 Å². The summed E-state index contributed by atoms with van der Waals surface area (Å²) in [7, 11) is 0. The maximum absolute atomic E-state index is 9.62. The molecule has 1 aliphatic carbocycles. The van der Waals surface area contributed by atoms with Crippen molar-refractivity contribution in [2.45, 2.75) is 51.6 Å². The van der Waals surface area contributed by atoms with Crippen LogP contribution in [0.5, 0.6) is 0 Å². The monoisotopic (exact) mass is 142 g/mol. The van der Waals surface area contributed by atoms with E-state index in [1.807, 2.05) is 0 Å². The zero-order chi connectivity index (χ0) is 7.61. The highest BCUT2D eigenvalue weighted by Crippen LogP contribution is 2.48. The van der Waals surface area contributed by atoms with Crippen LogP contribution in [0.4, 0.5) is 0 Å². The number of hydrogen-bond acceptors (Lipinski definition) is 1. The Balaban J connectivity index is 2.12. The Labute approximate surface area is 63.4 Å². The molecule has 0 saturated heterocycles. The summed E-state index contributed by atoms with van der Waals surface area (Å²) in [5, 5.41) is 9.62. The van der Waals surface area contributed by atoms with Crippen LogP contribution < -0.4 is 0 Å². The van der Waals surface area contributed by atoms with Crippen molar-refractivity contribution >= 4 is 0 Å². The van der Waals surface area contributed by atoms with Gasteiger partial charge in [0.25, 0.3) is 0 Å². The number of aliphatic hydroxyl groups is 1. The molecule has 1 fully saturated rings. The lowest BCUT2D eigenvalue weighted by Crippen LogP contribution is -2.08. The third kappa shape index (κ3) is 1.51. The summed E-state index contributed by atoms with van der Waals surface area (Å²) in [5.74, 6) is 0.637. The van der Waals surface area contributed by atoms with Crippen LogP contribution >= 0.6 is 0 Å². The van der Waals surface area contributed by atoms with Crippen LogP contribution in [0.15, 0.2) is 0 Å². The van der Waals surface area contributed by atoms with E-state index in [1.54, 1.807) is 0 Å². The molecular formula is C9H18O. The molecule has 1 N–H and O–H groups in total. The van der Waals surface area contributed by atoms with E-state index in [1.165, 1.54) is 19.3 Å². The van der Waals surface area contributed by atoms with Gasteiger partial charge < -0.3 is 5.11 Å². The van der Waals surface area contributed by atoms with E-state index < -0.39 is 0 Å². The van der Waals surface area contributed by atoms with Gasteiger partial charge in [0, 0.05) is 0 Å². The largest absolute Gasteiger partial charge is 0.390 e. The molecule has 0 aliphatic heterocycles. The van der Waals surface area contributed by atoms with Gasteiger partial charge in [-0.2, -0.15) is 0 Å². The van der Waals surface area contributed by atoms with Crippen molar-refractivity contribution < 1.29 is 5.11 Å². The summed E-state index contributed by atoms with van der Waals surface area (Å²) in [6, 6.07) is 0. The lowest BCUT2D eigenvalue weighted by atomic mass is 10.1. The Morgan fingerprint density at radius 3 is 2.60 bits per heavy atom. The molecule has 0 amide bonds. The Kier molecular flexibility index (Phi) is 2.35. The fourth-order valence-electron chi connectivity index (χ4n) is 1.62. The molecule has 0 heterocycles. The van der Waals surface area contributed by atoms with Gasteiger partial charge in [-0.1, -0.05) is 26.7 Å². The van der Waals surface area contributed by atoms with E-state index in [0.29, 0.717) is 5.92 Å². The van der Waals surface area contributed by atoms with Crippen LogP contribution in [0.1, 0.15) is 46.0 Å². The summed E-state index contributed by atoms with van der Waals surface area (Å²) in [5.41, 5.74) is -0.241. The van der Waals surface area contributed by atoms with Gasteiger partial charge in [-0.05, 0) is 25.2 Å². The van der Waals surface area contributed by atoms with Crippen molar-refractivity contribution in [3.63, 3.8) is 0 Å². The lowest BCUT2D eigenvalue weighted by Gasteiger charge is -2.04. The first-order valence-corrected chi connectivity index (χ1v) is 4.45. The van der Waals surface area contributed by atoms with E-state index in [9.17, 15) is 5.11 Å². The fourth-order valence-corrected chi connectivity index (χ4v) is 1.62. The minimum atomic E-state index is -0.241. The quantitative estimate of drug-likeness (QED) is 0.638. The van der Waals surface area contributed by atoms with E-state index in [2.05, 4.69) is 13.8 Å². The van der Waals surface area contributed by atoms with Crippen molar-refractivity contribution in [2.75, 3.05) is 0 Å². The van der Waals surface area contributed by atoms with E-state index in [0.717, 1.165) is 12.8 Å². The molecule has 0 unspecified atom stereocenters. The summed E-state index contributed by atoms with van der Waals surface area (Å²) in [6.45, 7) is 4.28. The molecule has 1 heteroatoms. The second kappa shape index (κ2) is 2.91. The number of rotatable bonds is 4. The second-order valence-electron chi connectivity index (χ2n) is 3.50. The Bertz CT molecular complexity index is 111. The van der Waals surface area contributed by atoms with Crippen LogP contribution in [-0.4, -0.2) is 10.7 Å². The van der Waals surface area contributed by atoms with E-state index in [4.69, 9.17) is 0 Å². The minimum Gasteiger partial charge on any atom is -0.390 e. The van der Waals surface area contributed by atoms with Crippen molar-refractivity contribution in [3.05, 3.63) is 0 Å². The van der Waals surface area contributed by atoms with Gasteiger partial charge >= 0.3 is 0 Å². The first kappa shape index (κ1) is 8.06. The zero-order valence-electron chi connectivity index (χ0n) is 7.06. The van der Waals surface area contributed by atoms with Crippen LogP contribution in [0, 0.1) is 5.92 Å². The maximum atomic E-state index is 9.62. The first-order chi connectivity index (χ1) is 4.73. The summed E-state index contributed by atoms with van der Waals surface area (Å²) < 4.78 is 0. The van der Waals surface area contributed by atoms with Crippen LogP contribution in [0.3, 0.4) is 0 Å². The molecule has 0 radical (unpaired) electrons. The van der Waals surface area contributed by atoms with Gasteiger partial charge in [0.15, 0.2) is 0 Å². The summed E-state index contributed by atoms with van der Waals surface area (Å²) in [6.07, 6.45) is 5.79. The highest BCUT2D eigenvalue weighted by atomic mass is 16.3. The normalized spacial score (nSPS) is 38.1. The molecule has 2 atom stereocenters. The predicted molar refractivity (Wildman–Crippen MR) is 42.9 cm³/mol. The molecule has 1 saturated carbocycles. The van der Waals surface area contributed by atoms with Crippen molar-refractivity contribution in [1.29, 1.82) is 0 Å². The van der Waals surface area contributed by atoms with E-state index in [-0.39, 0.29) is 5.60 Å². The Hall–Kier alpha value is -0.0400. The molecule has 0 spiro atoms. The molecule has 60 valence electrons. The van der Waals surface area contributed by atoms with Gasteiger partial charge in [-0.3, -0.25) is 0 Å². The highest BCUT2D eigenvalue weighted by Gasteiger charge is 2.50. The van der Waals surface area contributed by atoms with Crippen LogP contribution in [0.2, 0.25) is 0 Å². The fraction of sp³-hybridized carbons (Fsp3) is 1.00. The summed E-state index contributed by atoms with van der Waals surface area (Å²) >= 11 is 0. The third-order valence-corrected chi connectivity index (χ3v) is 2.72. The topological polar surface area (TPSA) is 20.2 Å². The Morgan fingerprint density at radius 1 is 1.50 bits per heavy atom. The smallest absolute Gasteiger partial charge is 0.0678 e. The third-order valence-electron chi connectivity index (χ3n) is 2.72. The number of hydrogen-bond donors (Lipinski definition) is 1. The van der Waals surface area contributed by atoms with E-state index >= 15 is 0 Å². The van der Waals surface area contributed by atoms with Gasteiger partial charge in [0.05, 0.1) is 5.60 Å². The minimum absolute atomic E-state index is 0.241. The molecule has 0 aromatic rings. The molecular weight excluding hydrogens is 124 g/mol. The van der Waals surface area contributed by atoms with Gasteiger partial charge in [-0.15, -0.1) is 0 Å². The molecule has 1 nitrogen and oxygen atoms in total. The average molecular weight is 142 g/mol. The predicted octanol–water partition coefficient (Wildman–Crippen LogP) is 2.34. The molecule has 0 aromatic carbocycles. The zero-order valence-corrected chi connectivity index (χ0v) is 7.06.